The minimum atomic E-state index is 0.0261. The Morgan fingerprint density at radius 2 is 2.08 bits per heavy atom. The fraction of sp³-hybridized carbons (Fsp3) is 0.444. The SMILES string of the molecule is COCC1(C2CC2)CN(C(=O)c2cc(-c3ccc(Br)cc3)n[nH]2)C1. The summed E-state index contributed by atoms with van der Waals surface area (Å²) in [6.07, 6.45) is 2.53. The third kappa shape index (κ3) is 2.78. The lowest BCUT2D eigenvalue weighted by atomic mass is 9.75. The number of methoxy groups -OCH3 is 1. The van der Waals surface area contributed by atoms with E-state index in [2.05, 4.69) is 26.1 Å². The summed E-state index contributed by atoms with van der Waals surface area (Å²) in [5.41, 5.74) is 2.51. The summed E-state index contributed by atoms with van der Waals surface area (Å²) >= 11 is 3.42. The van der Waals surface area contributed by atoms with Gasteiger partial charge in [0.25, 0.3) is 5.91 Å². The summed E-state index contributed by atoms with van der Waals surface area (Å²) in [6.45, 7) is 2.32. The van der Waals surface area contributed by atoms with Gasteiger partial charge in [0.2, 0.25) is 0 Å². The van der Waals surface area contributed by atoms with Crippen LogP contribution in [0.3, 0.4) is 0 Å². The van der Waals surface area contributed by atoms with Gasteiger partial charge in [-0.1, -0.05) is 28.1 Å². The molecule has 0 radical (unpaired) electrons. The van der Waals surface area contributed by atoms with Crippen LogP contribution in [0.15, 0.2) is 34.8 Å². The summed E-state index contributed by atoms with van der Waals surface area (Å²) in [4.78, 5) is 14.6. The predicted octanol–water partition coefficient (Wildman–Crippen LogP) is 3.34. The number of hydrogen-bond donors (Lipinski definition) is 1. The highest BCUT2D eigenvalue weighted by atomic mass is 79.9. The Balaban J connectivity index is 1.45. The zero-order valence-electron chi connectivity index (χ0n) is 13.6. The Bertz CT molecular complexity index is 746. The second-order valence-electron chi connectivity index (χ2n) is 6.90. The molecule has 2 fully saturated rings. The molecule has 2 aromatic rings. The number of likely N-dealkylation sites (tertiary alicyclic amines) is 1. The highest BCUT2D eigenvalue weighted by Crippen LogP contribution is 2.51. The van der Waals surface area contributed by atoms with Crippen molar-refractivity contribution in [2.75, 3.05) is 26.8 Å². The second-order valence-corrected chi connectivity index (χ2v) is 7.82. The van der Waals surface area contributed by atoms with Gasteiger partial charge in [0, 0.05) is 35.7 Å². The third-order valence-corrected chi connectivity index (χ3v) is 5.65. The van der Waals surface area contributed by atoms with E-state index in [1.54, 1.807) is 7.11 Å². The summed E-state index contributed by atoms with van der Waals surface area (Å²) in [6, 6.07) is 9.73. The van der Waals surface area contributed by atoms with Crippen LogP contribution in [0, 0.1) is 11.3 Å². The highest BCUT2D eigenvalue weighted by molar-refractivity contribution is 9.10. The zero-order valence-corrected chi connectivity index (χ0v) is 15.2. The Labute approximate surface area is 149 Å². The fourth-order valence-electron chi connectivity index (χ4n) is 3.68. The fourth-order valence-corrected chi connectivity index (χ4v) is 3.94. The van der Waals surface area contributed by atoms with E-state index in [1.807, 2.05) is 35.2 Å². The molecule has 5 nitrogen and oxygen atoms in total. The smallest absolute Gasteiger partial charge is 0.271 e. The van der Waals surface area contributed by atoms with E-state index in [9.17, 15) is 4.79 Å². The summed E-state index contributed by atoms with van der Waals surface area (Å²) in [5, 5.41) is 7.17. The number of hydrogen-bond acceptors (Lipinski definition) is 3. The van der Waals surface area contributed by atoms with Gasteiger partial charge < -0.3 is 9.64 Å². The van der Waals surface area contributed by atoms with Gasteiger partial charge in [-0.15, -0.1) is 0 Å². The molecule has 1 aromatic heterocycles. The molecular weight excluding hydrogens is 370 g/mol. The van der Waals surface area contributed by atoms with Gasteiger partial charge in [0.15, 0.2) is 0 Å². The van der Waals surface area contributed by atoms with Crippen molar-refractivity contribution < 1.29 is 9.53 Å². The van der Waals surface area contributed by atoms with Crippen LogP contribution in [0.1, 0.15) is 23.3 Å². The average Bonchev–Trinajstić information content (AvgIpc) is 3.28. The van der Waals surface area contributed by atoms with Crippen LogP contribution in [0.4, 0.5) is 0 Å². The Kier molecular flexibility index (Phi) is 3.96. The number of nitrogens with zero attached hydrogens (tertiary/aromatic N) is 2. The van der Waals surface area contributed by atoms with Crippen LogP contribution < -0.4 is 0 Å². The number of aromatic nitrogens is 2. The van der Waals surface area contributed by atoms with E-state index >= 15 is 0 Å². The first kappa shape index (κ1) is 15.8. The molecule has 0 spiro atoms. The molecule has 1 aliphatic heterocycles. The van der Waals surface area contributed by atoms with E-state index in [-0.39, 0.29) is 11.3 Å². The van der Waals surface area contributed by atoms with Gasteiger partial charge in [-0.3, -0.25) is 9.89 Å². The van der Waals surface area contributed by atoms with Crippen LogP contribution in [0.25, 0.3) is 11.3 Å². The van der Waals surface area contributed by atoms with Crippen molar-refractivity contribution in [2.45, 2.75) is 12.8 Å². The number of amides is 1. The van der Waals surface area contributed by atoms with Gasteiger partial charge in [0.05, 0.1) is 12.3 Å². The van der Waals surface area contributed by atoms with Crippen molar-refractivity contribution in [2.24, 2.45) is 11.3 Å². The maximum Gasteiger partial charge on any atom is 0.271 e. The molecule has 0 unspecified atom stereocenters. The van der Waals surface area contributed by atoms with Gasteiger partial charge in [-0.05, 0) is 37.0 Å². The first-order valence-electron chi connectivity index (χ1n) is 8.21. The molecule has 6 heteroatoms. The molecule has 126 valence electrons. The van der Waals surface area contributed by atoms with E-state index < -0.39 is 0 Å². The summed E-state index contributed by atoms with van der Waals surface area (Å²) < 4.78 is 6.42. The van der Waals surface area contributed by atoms with Gasteiger partial charge in [0.1, 0.15) is 5.69 Å². The van der Waals surface area contributed by atoms with E-state index in [4.69, 9.17) is 4.74 Å². The largest absolute Gasteiger partial charge is 0.384 e. The van der Waals surface area contributed by atoms with E-state index in [1.165, 1.54) is 12.8 Å². The topological polar surface area (TPSA) is 58.2 Å². The molecular formula is C18H20BrN3O2. The molecule has 1 saturated carbocycles. The lowest BCUT2D eigenvalue weighted by Gasteiger charge is -2.50. The predicted molar refractivity (Wildman–Crippen MR) is 94.7 cm³/mol. The maximum atomic E-state index is 12.7. The summed E-state index contributed by atoms with van der Waals surface area (Å²) in [7, 11) is 1.74. The molecule has 1 aromatic carbocycles. The monoisotopic (exact) mass is 389 g/mol. The molecule has 2 heterocycles. The molecule has 0 atom stereocenters. The van der Waals surface area contributed by atoms with Crippen molar-refractivity contribution in [1.82, 2.24) is 15.1 Å². The van der Waals surface area contributed by atoms with Crippen LogP contribution >= 0.6 is 15.9 Å². The molecule has 1 aliphatic carbocycles. The molecule has 0 bridgehead atoms. The van der Waals surface area contributed by atoms with Crippen molar-refractivity contribution in [1.29, 1.82) is 0 Å². The van der Waals surface area contributed by atoms with Gasteiger partial charge in [-0.25, -0.2) is 0 Å². The lowest BCUT2D eigenvalue weighted by molar-refractivity contribution is -0.0538. The minimum absolute atomic E-state index is 0.0261. The summed E-state index contributed by atoms with van der Waals surface area (Å²) in [5.74, 6) is 0.750. The normalized spacial score (nSPS) is 19.2. The van der Waals surface area contributed by atoms with E-state index in [0.717, 1.165) is 41.3 Å². The third-order valence-electron chi connectivity index (χ3n) is 5.12. The van der Waals surface area contributed by atoms with Crippen LogP contribution in [-0.4, -0.2) is 47.8 Å². The number of rotatable bonds is 5. The number of benzene rings is 1. The van der Waals surface area contributed by atoms with E-state index in [0.29, 0.717) is 5.69 Å². The van der Waals surface area contributed by atoms with Crippen molar-refractivity contribution in [3.05, 3.63) is 40.5 Å². The van der Waals surface area contributed by atoms with Gasteiger partial charge in [-0.2, -0.15) is 5.10 Å². The molecule has 1 amide bonds. The zero-order chi connectivity index (χ0) is 16.7. The van der Waals surface area contributed by atoms with Crippen molar-refractivity contribution in [3.8, 4) is 11.3 Å². The van der Waals surface area contributed by atoms with Crippen LogP contribution in [0.2, 0.25) is 0 Å². The van der Waals surface area contributed by atoms with Crippen LogP contribution in [0.5, 0.6) is 0 Å². The first-order chi connectivity index (χ1) is 11.6. The highest BCUT2D eigenvalue weighted by Gasteiger charge is 2.54. The average molecular weight is 390 g/mol. The first-order valence-corrected chi connectivity index (χ1v) is 9.00. The van der Waals surface area contributed by atoms with Crippen LogP contribution in [-0.2, 0) is 4.74 Å². The maximum absolute atomic E-state index is 12.7. The van der Waals surface area contributed by atoms with Crippen molar-refractivity contribution >= 4 is 21.8 Å². The molecule has 1 saturated heterocycles. The Hall–Kier alpha value is -1.66. The quantitative estimate of drug-likeness (QED) is 0.852. The molecule has 1 N–H and O–H groups in total. The number of carbonyl (C=O) groups is 1. The number of H-pyrrole nitrogens is 1. The number of aromatic amines is 1. The second kappa shape index (κ2) is 6.01. The lowest BCUT2D eigenvalue weighted by Crippen LogP contribution is -2.61. The molecule has 2 aliphatic rings. The number of nitrogens with one attached hydrogen (secondary N) is 1. The van der Waals surface area contributed by atoms with Crippen molar-refractivity contribution in [3.63, 3.8) is 0 Å². The molecule has 24 heavy (non-hydrogen) atoms. The Morgan fingerprint density at radius 1 is 1.38 bits per heavy atom. The number of halogens is 1. The molecule has 4 rings (SSSR count). The Morgan fingerprint density at radius 3 is 2.71 bits per heavy atom. The van der Waals surface area contributed by atoms with Gasteiger partial charge >= 0.3 is 0 Å². The number of carbonyl (C=O) groups excluding carboxylic acids is 1. The minimum Gasteiger partial charge on any atom is -0.384 e. The standard InChI is InChI=1S/C18H20BrN3O2/c1-24-11-18(13-4-5-13)9-22(10-18)17(23)16-8-15(20-21-16)12-2-6-14(19)7-3-12/h2-3,6-8,13H,4-5,9-11H2,1H3,(H,20,21). The number of ether oxygens (including phenoxy) is 1.